The molecule has 3 N–H and O–H groups in total. The van der Waals surface area contributed by atoms with Gasteiger partial charge in [0.05, 0.1) is 6.61 Å². The predicted octanol–water partition coefficient (Wildman–Crippen LogP) is 0.961. The van der Waals surface area contributed by atoms with E-state index in [0.717, 1.165) is 12.8 Å². The second-order valence-electron chi connectivity index (χ2n) is 5.26. The van der Waals surface area contributed by atoms with Gasteiger partial charge in [0, 0.05) is 17.6 Å². The van der Waals surface area contributed by atoms with Gasteiger partial charge in [0.2, 0.25) is 0 Å². The van der Waals surface area contributed by atoms with E-state index >= 15 is 0 Å². The Hall–Kier alpha value is -1.95. The lowest BCUT2D eigenvalue weighted by Gasteiger charge is -2.12. The van der Waals surface area contributed by atoms with Crippen molar-refractivity contribution in [2.75, 3.05) is 18.5 Å². The summed E-state index contributed by atoms with van der Waals surface area (Å²) in [5, 5.41) is 14.0. The molecule has 0 bridgehead atoms. The van der Waals surface area contributed by atoms with Crippen LogP contribution in [-0.4, -0.2) is 30.1 Å². The molecule has 1 saturated carbocycles. The van der Waals surface area contributed by atoms with Gasteiger partial charge in [-0.3, -0.25) is 9.59 Å². The fraction of sp³-hybridized carbons (Fsp3) is 0.429. The number of aliphatic hydroxyl groups is 1. The van der Waals surface area contributed by atoms with Crippen molar-refractivity contribution in [3.05, 3.63) is 29.6 Å². The highest BCUT2D eigenvalue weighted by atomic mass is 19.1. The molecular formula is C14H17FN2O3. The molecule has 1 aliphatic carbocycles. The first-order chi connectivity index (χ1) is 9.46. The summed E-state index contributed by atoms with van der Waals surface area (Å²) in [6.07, 6.45) is 1.70. The van der Waals surface area contributed by atoms with Gasteiger partial charge in [-0.25, -0.2) is 4.39 Å². The van der Waals surface area contributed by atoms with Crippen LogP contribution in [0, 0.1) is 18.2 Å². The van der Waals surface area contributed by atoms with E-state index in [0.29, 0.717) is 11.3 Å². The number of aliphatic hydroxyl groups excluding tert-OH is 1. The molecule has 1 aromatic rings. The van der Waals surface area contributed by atoms with Crippen LogP contribution < -0.4 is 10.6 Å². The molecule has 2 amide bonds. The summed E-state index contributed by atoms with van der Waals surface area (Å²) in [7, 11) is 0. The third-order valence-corrected chi connectivity index (χ3v) is 3.54. The highest BCUT2D eigenvalue weighted by molar-refractivity contribution is 6.39. The summed E-state index contributed by atoms with van der Waals surface area (Å²) in [5.74, 6) is -1.93. The Bertz CT molecular complexity index is 541. The Morgan fingerprint density at radius 1 is 1.35 bits per heavy atom. The molecule has 6 heteroatoms. The molecule has 0 unspecified atom stereocenters. The molecular weight excluding hydrogens is 263 g/mol. The lowest BCUT2D eigenvalue weighted by Crippen LogP contribution is -2.39. The van der Waals surface area contributed by atoms with E-state index in [2.05, 4.69) is 10.6 Å². The van der Waals surface area contributed by atoms with E-state index in [4.69, 9.17) is 5.11 Å². The first kappa shape index (κ1) is 14.5. The largest absolute Gasteiger partial charge is 0.396 e. The van der Waals surface area contributed by atoms with Crippen molar-refractivity contribution < 1.29 is 19.1 Å². The summed E-state index contributed by atoms with van der Waals surface area (Å²) in [6.45, 7) is 1.87. The van der Waals surface area contributed by atoms with Crippen LogP contribution in [0.25, 0.3) is 0 Å². The highest BCUT2D eigenvalue weighted by Crippen LogP contribution is 2.44. The minimum absolute atomic E-state index is 0.00601. The van der Waals surface area contributed by atoms with E-state index in [1.807, 2.05) is 0 Å². The zero-order valence-corrected chi connectivity index (χ0v) is 11.2. The molecule has 0 saturated heterocycles. The van der Waals surface area contributed by atoms with Crippen LogP contribution in [0.4, 0.5) is 10.1 Å². The fourth-order valence-corrected chi connectivity index (χ4v) is 1.83. The summed E-state index contributed by atoms with van der Waals surface area (Å²) in [6, 6.07) is 4.08. The Labute approximate surface area is 116 Å². The van der Waals surface area contributed by atoms with E-state index in [1.165, 1.54) is 18.2 Å². The third-order valence-electron chi connectivity index (χ3n) is 3.54. The van der Waals surface area contributed by atoms with Crippen molar-refractivity contribution in [2.24, 2.45) is 5.41 Å². The molecule has 0 heterocycles. The SMILES string of the molecule is Cc1cc(NC(=O)C(=O)NCC2(CO)CC2)ccc1F. The summed E-state index contributed by atoms with van der Waals surface area (Å²) < 4.78 is 13.1. The van der Waals surface area contributed by atoms with E-state index in [1.54, 1.807) is 6.92 Å². The van der Waals surface area contributed by atoms with Crippen molar-refractivity contribution in [1.29, 1.82) is 0 Å². The topological polar surface area (TPSA) is 78.4 Å². The lowest BCUT2D eigenvalue weighted by molar-refractivity contribution is -0.136. The van der Waals surface area contributed by atoms with Crippen molar-refractivity contribution in [1.82, 2.24) is 5.32 Å². The number of nitrogens with one attached hydrogen (secondary N) is 2. The monoisotopic (exact) mass is 280 g/mol. The van der Waals surface area contributed by atoms with Crippen molar-refractivity contribution in [3.63, 3.8) is 0 Å². The van der Waals surface area contributed by atoms with Crippen LogP contribution in [0.15, 0.2) is 18.2 Å². The zero-order chi connectivity index (χ0) is 14.8. The second-order valence-corrected chi connectivity index (χ2v) is 5.26. The lowest BCUT2D eigenvalue weighted by atomic mass is 10.1. The maximum Gasteiger partial charge on any atom is 0.313 e. The standard InChI is InChI=1S/C14H17FN2O3/c1-9-6-10(2-3-11(9)15)17-13(20)12(19)16-7-14(8-18)4-5-14/h2-3,6,18H,4-5,7-8H2,1H3,(H,16,19)(H,17,20). The molecule has 0 aromatic heterocycles. The Kier molecular flexibility index (Phi) is 4.04. The minimum atomic E-state index is -0.801. The molecule has 1 aromatic carbocycles. The number of benzene rings is 1. The van der Waals surface area contributed by atoms with Crippen molar-refractivity contribution in [2.45, 2.75) is 19.8 Å². The number of hydrogen-bond donors (Lipinski definition) is 3. The first-order valence-corrected chi connectivity index (χ1v) is 6.42. The fourth-order valence-electron chi connectivity index (χ4n) is 1.83. The van der Waals surface area contributed by atoms with Gasteiger partial charge in [-0.05, 0) is 43.5 Å². The van der Waals surface area contributed by atoms with Gasteiger partial charge in [-0.2, -0.15) is 0 Å². The maximum atomic E-state index is 13.1. The molecule has 1 fully saturated rings. The number of aryl methyl sites for hydroxylation is 1. The van der Waals surface area contributed by atoms with Gasteiger partial charge in [0.25, 0.3) is 0 Å². The normalized spacial score (nSPS) is 15.6. The number of rotatable bonds is 4. The number of carbonyl (C=O) groups excluding carboxylic acids is 2. The Morgan fingerprint density at radius 2 is 2.05 bits per heavy atom. The average molecular weight is 280 g/mol. The summed E-state index contributed by atoms with van der Waals surface area (Å²) in [5.41, 5.74) is 0.510. The van der Waals surface area contributed by atoms with Crippen LogP contribution in [0.3, 0.4) is 0 Å². The molecule has 20 heavy (non-hydrogen) atoms. The van der Waals surface area contributed by atoms with E-state index in [9.17, 15) is 14.0 Å². The number of carbonyl (C=O) groups is 2. The zero-order valence-electron chi connectivity index (χ0n) is 11.2. The highest BCUT2D eigenvalue weighted by Gasteiger charge is 2.42. The van der Waals surface area contributed by atoms with Gasteiger partial charge in [0.1, 0.15) is 5.82 Å². The Morgan fingerprint density at radius 3 is 2.60 bits per heavy atom. The van der Waals surface area contributed by atoms with Crippen molar-refractivity contribution >= 4 is 17.5 Å². The van der Waals surface area contributed by atoms with Gasteiger partial charge < -0.3 is 15.7 Å². The van der Waals surface area contributed by atoms with Crippen LogP contribution in [0.5, 0.6) is 0 Å². The third kappa shape index (κ3) is 3.33. The number of halogens is 1. The predicted molar refractivity (Wildman–Crippen MR) is 71.5 cm³/mol. The quantitative estimate of drug-likeness (QED) is 0.719. The summed E-state index contributed by atoms with van der Waals surface area (Å²) in [4.78, 5) is 23.3. The van der Waals surface area contributed by atoms with Gasteiger partial charge >= 0.3 is 11.8 Å². The maximum absolute atomic E-state index is 13.1. The molecule has 0 radical (unpaired) electrons. The second kappa shape index (κ2) is 5.58. The molecule has 108 valence electrons. The van der Waals surface area contributed by atoms with Crippen LogP contribution in [-0.2, 0) is 9.59 Å². The van der Waals surface area contributed by atoms with Gasteiger partial charge in [-0.1, -0.05) is 0 Å². The molecule has 0 spiro atoms. The number of hydrogen-bond acceptors (Lipinski definition) is 3. The van der Waals surface area contributed by atoms with E-state index in [-0.39, 0.29) is 24.4 Å². The number of amides is 2. The molecule has 2 rings (SSSR count). The van der Waals surface area contributed by atoms with E-state index < -0.39 is 11.8 Å². The van der Waals surface area contributed by atoms with Crippen LogP contribution in [0.2, 0.25) is 0 Å². The smallest absolute Gasteiger partial charge is 0.313 e. The van der Waals surface area contributed by atoms with Crippen LogP contribution >= 0.6 is 0 Å². The first-order valence-electron chi connectivity index (χ1n) is 6.42. The summed E-state index contributed by atoms with van der Waals surface area (Å²) >= 11 is 0. The molecule has 5 nitrogen and oxygen atoms in total. The van der Waals surface area contributed by atoms with Gasteiger partial charge in [0.15, 0.2) is 0 Å². The Balaban J connectivity index is 1.87. The molecule has 0 aliphatic heterocycles. The number of anilines is 1. The van der Waals surface area contributed by atoms with Crippen LogP contribution in [0.1, 0.15) is 18.4 Å². The minimum Gasteiger partial charge on any atom is -0.396 e. The molecule has 1 aliphatic rings. The van der Waals surface area contributed by atoms with Crippen molar-refractivity contribution in [3.8, 4) is 0 Å². The average Bonchev–Trinajstić information content (AvgIpc) is 3.21. The van der Waals surface area contributed by atoms with Gasteiger partial charge in [-0.15, -0.1) is 0 Å². The molecule has 0 atom stereocenters.